The highest BCUT2D eigenvalue weighted by Crippen LogP contribution is 2.30. The van der Waals surface area contributed by atoms with Gasteiger partial charge in [-0.1, -0.05) is 31.2 Å². The number of nitrogens with zero attached hydrogens (tertiary/aromatic N) is 2. The van der Waals surface area contributed by atoms with Crippen LogP contribution in [0.4, 0.5) is 15.9 Å². The highest BCUT2D eigenvalue weighted by atomic mass is 19.1. The van der Waals surface area contributed by atoms with Crippen LogP contribution in [-0.2, 0) is 11.2 Å². The molecule has 0 spiro atoms. The second-order valence-corrected chi connectivity index (χ2v) is 9.19. The maximum Gasteiger partial charge on any atom is 0.227 e. The third-order valence-electron chi connectivity index (χ3n) is 6.18. The molecule has 2 aromatic rings. The molecule has 1 fully saturated rings. The van der Waals surface area contributed by atoms with Crippen LogP contribution in [0.5, 0.6) is 0 Å². The summed E-state index contributed by atoms with van der Waals surface area (Å²) in [5.74, 6) is 0.569. The maximum atomic E-state index is 14.9. The minimum Gasteiger partial charge on any atom is -0.369 e. The Morgan fingerprint density at radius 3 is 2.66 bits per heavy atom. The molecule has 2 atom stereocenters. The van der Waals surface area contributed by atoms with E-state index in [4.69, 9.17) is 0 Å². The molecular formula is C26H37FN4O. The minimum absolute atomic E-state index is 0.0650. The third kappa shape index (κ3) is 6.21. The summed E-state index contributed by atoms with van der Waals surface area (Å²) in [7, 11) is 0. The van der Waals surface area contributed by atoms with Crippen molar-refractivity contribution in [3.63, 3.8) is 0 Å². The van der Waals surface area contributed by atoms with Crippen LogP contribution in [0.1, 0.15) is 64.0 Å². The lowest BCUT2D eigenvalue weighted by atomic mass is 9.95. The summed E-state index contributed by atoms with van der Waals surface area (Å²) in [6.45, 7) is 10.4. The molecule has 1 aliphatic rings. The SMILES string of the molecule is CCCNc1nccc(N2CC[C@@H](CCc3ccc(C(C)C(=O)NC(C)C)cc3)C2)c1F. The number of aryl methyl sites for hydroxylation is 1. The van der Waals surface area contributed by atoms with Crippen molar-refractivity contribution in [1.29, 1.82) is 0 Å². The Balaban J connectivity index is 1.52. The average molecular weight is 441 g/mol. The zero-order chi connectivity index (χ0) is 23.1. The van der Waals surface area contributed by atoms with Crippen molar-refractivity contribution >= 4 is 17.4 Å². The first-order valence-electron chi connectivity index (χ1n) is 11.9. The Morgan fingerprint density at radius 2 is 1.97 bits per heavy atom. The molecular weight excluding hydrogens is 403 g/mol. The molecule has 0 saturated carbocycles. The van der Waals surface area contributed by atoms with Gasteiger partial charge in [-0.25, -0.2) is 9.37 Å². The summed E-state index contributed by atoms with van der Waals surface area (Å²) in [5.41, 5.74) is 2.98. The van der Waals surface area contributed by atoms with Gasteiger partial charge in [-0.2, -0.15) is 0 Å². The van der Waals surface area contributed by atoms with Crippen molar-refractivity contribution in [2.75, 3.05) is 29.9 Å². The van der Waals surface area contributed by atoms with Crippen molar-refractivity contribution in [2.45, 2.75) is 65.3 Å². The van der Waals surface area contributed by atoms with Crippen molar-refractivity contribution in [2.24, 2.45) is 5.92 Å². The Labute approximate surface area is 191 Å². The second kappa shape index (κ2) is 11.3. The summed E-state index contributed by atoms with van der Waals surface area (Å²) >= 11 is 0. The van der Waals surface area contributed by atoms with Crippen LogP contribution in [0.2, 0.25) is 0 Å². The zero-order valence-corrected chi connectivity index (χ0v) is 19.8. The first kappa shape index (κ1) is 24.0. The molecule has 0 bridgehead atoms. The van der Waals surface area contributed by atoms with Gasteiger partial charge in [0.25, 0.3) is 0 Å². The Hall–Kier alpha value is -2.63. The largest absolute Gasteiger partial charge is 0.369 e. The lowest BCUT2D eigenvalue weighted by Gasteiger charge is -2.20. The third-order valence-corrected chi connectivity index (χ3v) is 6.18. The Morgan fingerprint density at radius 1 is 1.22 bits per heavy atom. The van der Waals surface area contributed by atoms with Gasteiger partial charge in [0.05, 0.1) is 11.6 Å². The quantitative estimate of drug-likeness (QED) is 0.538. The van der Waals surface area contributed by atoms with E-state index in [0.717, 1.165) is 50.9 Å². The molecule has 3 rings (SSSR count). The summed E-state index contributed by atoms with van der Waals surface area (Å²) in [4.78, 5) is 18.5. The predicted molar refractivity (Wildman–Crippen MR) is 130 cm³/mol. The number of aromatic nitrogens is 1. The molecule has 1 saturated heterocycles. The van der Waals surface area contributed by atoms with E-state index in [1.165, 1.54) is 5.56 Å². The van der Waals surface area contributed by atoms with Crippen LogP contribution in [0.15, 0.2) is 36.5 Å². The molecule has 0 aliphatic carbocycles. The molecule has 1 unspecified atom stereocenters. The topological polar surface area (TPSA) is 57.3 Å². The number of benzene rings is 1. The molecule has 1 aliphatic heterocycles. The van der Waals surface area contributed by atoms with Crippen LogP contribution in [0.3, 0.4) is 0 Å². The molecule has 32 heavy (non-hydrogen) atoms. The zero-order valence-electron chi connectivity index (χ0n) is 19.8. The second-order valence-electron chi connectivity index (χ2n) is 9.19. The van der Waals surface area contributed by atoms with Gasteiger partial charge in [0.15, 0.2) is 11.6 Å². The van der Waals surface area contributed by atoms with Crippen molar-refractivity contribution in [1.82, 2.24) is 10.3 Å². The number of carbonyl (C=O) groups excluding carboxylic acids is 1. The molecule has 1 aromatic carbocycles. The van der Waals surface area contributed by atoms with Crippen LogP contribution < -0.4 is 15.5 Å². The minimum atomic E-state index is -0.243. The number of nitrogens with one attached hydrogen (secondary N) is 2. The predicted octanol–water partition coefficient (Wildman–Crippen LogP) is 5.13. The number of hydrogen-bond acceptors (Lipinski definition) is 4. The van der Waals surface area contributed by atoms with Crippen LogP contribution >= 0.6 is 0 Å². The summed E-state index contributed by atoms with van der Waals surface area (Å²) < 4.78 is 14.9. The van der Waals surface area contributed by atoms with Gasteiger partial charge in [-0.05, 0) is 69.6 Å². The van der Waals surface area contributed by atoms with Crippen molar-refractivity contribution < 1.29 is 9.18 Å². The van der Waals surface area contributed by atoms with E-state index in [1.807, 2.05) is 20.8 Å². The number of carbonyl (C=O) groups is 1. The molecule has 6 heteroatoms. The van der Waals surface area contributed by atoms with E-state index in [9.17, 15) is 9.18 Å². The average Bonchev–Trinajstić information content (AvgIpc) is 3.25. The van der Waals surface area contributed by atoms with Gasteiger partial charge < -0.3 is 15.5 Å². The van der Waals surface area contributed by atoms with Crippen molar-refractivity contribution in [3.05, 3.63) is 53.5 Å². The van der Waals surface area contributed by atoms with Gasteiger partial charge in [-0.15, -0.1) is 0 Å². The normalized spacial score (nSPS) is 16.9. The molecule has 5 nitrogen and oxygen atoms in total. The number of amides is 1. The smallest absolute Gasteiger partial charge is 0.227 e. The lowest BCUT2D eigenvalue weighted by molar-refractivity contribution is -0.122. The number of hydrogen-bond donors (Lipinski definition) is 2. The Kier molecular flexibility index (Phi) is 8.48. The van der Waals surface area contributed by atoms with E-state index >= 15 is 0 Å². The van der Waals surface area contributed by atoms with E-state index in [-0.39, 0.29) is 23.7 Å². The summed E-state index contributed by atoms with van der Waals surface area (Å²) in [6, 6.07) is 10.3. The van der Waals surface area contributed by atoms with Crippen LogP contribution in [0.25, 0.3) is 0 Å². The van der Waals surface area contributed by atoms with Crippen LogP contribution in [-0.4, -0.2) is 36.6 Å². The summed E-state index contributed by atoms with van der Waals surface area (Å²) in [5, 5.41) is 6.05. The lowest BCUT2D eigenvalue weighted by Crippen LogP contribution is -2.33. The number of pyridine rings is 1. The fourth-order valence-corrected chi connectivity index (χ4v) is 4.24. The Bertz CT molecular complexity index is 884. The van der Waals surface area contributed by atoms with Crippen molar-refractivity contribution in [3.8, 4) is 0 Å². The number of anilines is 2. The highest BCUT2D eigenvalue weighted by molar-refractivity contribution is 5.83. The number of halogens is 1. The molecule has 1 amide bonds. The monoisotopic (exact) mass is 440 g/mol. The van der Waals surface area contributed by atoms with Gasteiger partial charge in [0, 0.05) is 31.9 Å². The fraction of sp³-hybridized carbons (Fsp3) is 0.538. The molecule has 2 heterocycles. The summed E-state index contributed by atoms with van der Waals surface area (Å²) in [6.07, 6.45) is 5.76. The standard InChI is InChI=1S/C26H37FN4O/c1-5-14-28-25-24(27)23(12-15-29-25)31-16-13-21(17-31)7-6-20-8-10-22(11-9-20)19(4)26(32)30-18(2)3/h8-12,15,18-19,21H,5-7,13-14,16-17H2,1-4H3,(H,28,29)(H,30,32)/t19?,21-/m1/s1. The highest BCUT2D eigenvalue weighted by Gasteiger charge is 2.25. The van der Waals surface area contributed by atoms with Gasteiger partial charge in [-0.3, -0.25) is 4.79 Å². The van der Waals surface area contributed by atoms with Crippen LogP contribution in [0, 0.1) is 11.7 Å². The first-order chi connectivity index (χ1) is 15.4. The van der Waals surface area contributed by atoms with E-state index in [2.05, 4.69) is 51.7 Å². The molecule has 1 aromatic heterocycles. The number of rotatable bonds is 10. The molecule has 0 radical (unpaired) electrons. The van der Waals surface area contributed by atoms with E-state index < -0.39 is 0 Å². The van der Waals surface area contributed by atoms with Gasteiger partial charge in [0.1, 0.15) is 0 Å². The fourth-order valence-electron chi connectivity index (χ4n) is 4.24. The maximum absolute atomic E-state index is 14.9. The van der Waals surface area contributed by atoms with E-state index in [1.54, 1.807) is 12.3 Å². The van der Waals surface area contributed by atoms with E-state index in [0.29, 0.717) is 17.4 Å². The van der Waals surface area contributed by atoms with Gasteiger partial charge in [0.2, 0.25) is 5.91 Å². The molecule has 174 valence electrons. The molecule has 2 N–H and O–H groups in total. The first-order valence-corrected chi connectivity index (χ1v) is 11.9. The van der Waals surface area contributed by atoms with Gasteiger partial charge >= 0.3 is 0 Å².